The van der Waals surface area contributed by atoms with Gasteiger partial charge in [0.15, 0.2) is 0 Å². The van der Waals surface area contributed by atoms with E-state index in [0.29, 0.717) is 46.7 Å². The molecule has 182 valence electrons. The molecule has 2 aromatic carbocycles. The minimum atomic E-state index is -0.761. The van der Waals surface area contributed by atoms with Gasteiger partial charge in [-0.25, -0.2) is 14.4 Å². The van der Waals surface area contributed by atoms with Crippen molar-refractivity contribution in [2.24, 2.45) is 0 Å². The van der Waals surface area contributed by atoms with Crippen LogP contribution in [-0.2, 0) is 0 Å². The van der Waals surface area contributed by atoms with Gasteiger partial charge >= 0.3 is 0 Å². The molecule has 0 unspecified atom stereocenters. The highest BCUT2D eigenvalue weighted by atomic mass is 19.1. The van der Waals surface area contributed by atoms with Crippen LogP contribution in [-0.4, -0.2) is 36.8 Å². The molecule has 0 bridgehead atoms. The Morgan fingerprint density at radius 1 is 1.19 bits per heavy atom. The number of imidazole rings is 1. The maximum atomic E-state index is 16.3. The van der Waals surface area contributed by atoms with Crippen LogP contribution in [0.3, 0.4) is 0 Å². The molecule has 0 spiro atoms. The summed E-state index contributed by atoms with van der Waals surface area (Å²) in [5.41, 5.74) is 6.45. The van der Waals surface area contributed by atoms with Crippen LogP contribution < -0.4 is 16.0 Å². The number of aromatic nitrogens is 4. The van der Waals surface area contributed by atoms with Crippen LogP contribution in [0.2, 0.25) is 0 Å². The number of para-hydroxylation sites is 1. The Morgan fingerprint density at radius 3 is 2.64 bits per heavy atom. The van der Waals surface area contributed by atoms with E-state index < -0.39 is 17.0 Å². The first-order valence-electron chi connectivity index (χ1n) is 11.6. The second-order valence-electron chi connectivity index (χ2n) is 9.51. The number of methoxy groups -OCH3 is 1. The van der Waals surface area contributed by atoms with Crippen molar-refractivity contribution in [1.29, 1.82) is 0 Å². The van der Waals surface area contributed by atoms with Crippen molar-refractivity contribution in [1.82, 2.24) is 18.9 Å². The van der Waals surface area contributed by atoms with Crippen LogP contribution in [0.1, 0.15) is 31.5 Å². The highest BCUT2D eigenvalue weighted by Gasteiger charge is 2.42. The predicted molar refractivity (Wildman–Crippen MR) is 135 cm³/mol. The summed E-state index contributed by atoms with van der Waals surface area (Å²) in [6, 6.07) is 12.2. The zero-order chi connectivity index (χ0) is 25.2. The van der Waals surface area contributed by atoms with E-state index in [-0.39, 0.29) is 22.7 Å². The molecule has 0 saturated heterocycles. The number of anilines is 1. The van der Waals surface area contributed by atoms with Gasteiger partial charge in [-0.05, 0) is 44.0 Å². The number of aliphatic hydroxyl groups is 1. The number of ether oxygens (including phenoxy) is 1. The van der Waals surface area contributed by atoms with Crippen molar-refractivity contribution in [2.45, 2.75) is 31.3 Å². The van der Waals surface area contributed by atoms with E-state index in [0.717, 1.165) is 0 Å². The minimum absolute atomic E-state index is 0.0121. The van der Waals surface area contributed by atoms with E-state index >= 15 is 4.39 Å². The Balaban J connectivity index is 1.62. The lowest BCUT2D eigenvalue weighted by molar-refractivity contribution is -0.0335. The molecule has 1 aliphatic rings. The Morgan fingerprint density at radius 2 is 1.94 bits per heavy atom. The summed E-state index contributed by atoms with van der Waals surface area (Å²) in [6.07, 6.45) is 5.93. The van der Waals surface area contributed by atoms with E-state index in [1.165, 1.54) is 11.7 Å². The SMILES string of the molecule is COc1cn(-c2ccccc2)c(=O)c2c(F)c(-c3nc(C4CC(C)(O)C4)n4ccnc(N)c34)ccc12. The number of hydrogen-bond acceptors (Lipinski definition) is 6. The molecule has 1 aliphatic carbocycles. The van der Waals surface area contributed by atoms with Crippen LogP contribution in [0, 0.1) is 5.82 Å². The summed E-state index contributed by atoms with van der Waals surface area (Å²) in [5, 5.41) is 10.5. The van der Waals surface area contributed by atoms with E-state index in [9.17, 15) is 9.90 Å². The second kappa shape index (κ2) is 7.89. The Bertz CT molecular complexity index is 1700. The Labute approximate surface area is 205 Å². The smallest absolute Gasteiger partial charge is 0.266 e. The lowest BCUT2D eigenvalue weighted by atomic mass is 9.72. The molecule has 0 atom stereocenters. The Kier molecular flexibility index (Phi) is 4.87. The lowest BCUT2D eigenvalue weighted by Gasteiger charge is -2.40. The van der Waals surface area contributed by atoms with Crippen molar-refractivity contribution in [3.63, 3.8) is 0 Å². The summed E-state index contributed by atoms with van der Waals surface area (Å²) in [4.78, 5) is 22.5. The summed E-state index contributed by atoms with van der Waals surface area (Å²) >= 11 is 0. The van der Waals surface area contributed by atoms with E-state index in [1.54, 1.807) is 66.3 Å². The third-order valence-corrected chi connectivity index (χ3v) is 6.94. The number of hydrogen-bond donors (Lipinski definition) is 2. The van der Waals surface area contributed by atoms with Crippen LogP contribution in [0.15, 0.2) is 65.8 Å². The zero-order valence-electron chi connectivity index (χ0n) is 19.8. The summed E-state index contributed by atoms with van der Waals surface area (Å²) in [5.74, 6) is 0.516. The molecular weight excluding hydrogens is 461 g/mol. The largest absolute Gasteiger partial charge is 0.495 e. The maximum absolute atomic E-state index is 16.3. The van der Waals surface area contributed by atoms with Crippen molar-refractivity contribution in [3.05, 3.63) is 83.1 Å². The fourth-order valence-electron chi connectivity index (χ4n) is 5.23. The van der Waals surface area contributed by atoms with Crippen LogP contribution in [0.4, 0.5) is 10.2 Å². The van der Waals surface area contributed by atoms with Gasteiger partial charge in [0.05, 0.1) is 24.3 Å². The van der Waals surface area contributed by atoms with Gasteiger partial charge in [0.2, 0.25) is 0 Å². The molecule has 3 heterocycles. The highest BCUT2D eigenvalue weighted by Crippen LogP contribution is 2.45. The van der Waals surface area contributed by atoms with Gasteiger partial charge in [0.1, 0.15) is 34.4 Å². The normalized spacial score (nSPS) is 19.5. The monoisotopic (exact) mass is 485 g/mol. The molecule has 3 N–H and O–H groups in total. The molecule has 9 heteroatoms. The van der Waals surface area contributed by atoms with Crippen molar-refractivity contribution in [3.8, 4) is 22.7 Å². The lowest BCUT2D eigenvalue weighted by Crippen LogP contribution is -2.40. The van der Waals surface area contributed by atoms with Gasteiger partial charge < -0.3 is 15.6 Å². The van der Waals surface area contributed by atoms with Gasteiger partial charge in [-0.3, -0.25) is 13.8 Å². The first-order chi connectivity index (χ1) is 17.3. The molecular formula is C27H24FN5O3. The summed E-state index contributed by atoms with van der Waals surface area (Å²) in [6.45, 7) is 1.78. The minimum Gasteiger partial charge on any atom is -0.495 e. The predicted octanol–water partition coefficient (Wildman–Crippen LogP) is 4.06. The van der Waals surface area contributed by atoms with Crippen LogP contribution >= 0.6 is 0 Å². The van der Waals surface area contributed by atoms with Crippen LogP contribution in [0.5, 0.6) is 5.75 Å². The van der Waals surface area contributed by atoms with Crippen molar-refractivity contribution < 1.29 is 14.2 Å². The topological polar surface area (TPSA) is 108 Å². The van der Waals surface area contributed by atoms with Gasteiger partial charge in [0.25, 0.3) is 5.56 Å². The van der Waals surface area contributed by atoms with Gasteiger partial charge in [0, 0.05) is 34.9 Å². The average molecular weight is 486 g/mol. The molecule has 8 nitrogen and oxygen atoms in total. The van der Waals surface area contributed by atoms with E-state index in [1.807, 2.05) is 6.07 Å². The number of pyridine rings is 1. The number of benzene rings is 2. The summed E-state index contributed by atoms with van der Waals surface area (Å²) in [7, 11) is 1.48. The number of nitrogen functional groups attached to an aromatic ring is 1. The fourth-order valence-corrected chi connectivity index (χ4v) is 5.23. The average Bonchev–Trinajstić information content (AvgIpc) is 3.24. The van der Waals surface area contributed by atoms with Crippen molar-refractivity contribution >= 4 is 22.1 Å². The highest BCUT2D eigenvalue weighted by molar-refractivity contribution is 5.95. The second-order valence-corrected chi connectivity index (χ2v) is 9.51. The van der Waals surface area contributed by atoms with Gasteiger partial charge in [-0.15, -0.1) is 0 Å². The Hall–Kier alpha value is -4.24. The van der Waals surface area contributed by atoms with Gasteiger partial charge in [-0.1, -0.05) is 18.2 Å². The molecule has 0 radical (unpaired) electrons. The first-order valence-corrected chi connectivity index (χ1v) is 11.6. The molecule has 0 amide bonds. The number of rotatable bonds is 4. The maximum Gasteiger partial charge on any atom is 0.266 e. The first kappa shape index (κ1) is 22.2. The number of fused-ring (bicyclic) bond motifs is 2. The zero-order valence-corrected chi connectivity index (χ0v) is 19.8. The van der Waals surface area contributed by atoms with E-state index in [2.05, 4.69) is 4.98 Å². The molecule has 1 fully saturated rings. The molecule has 3 aromatic heterocycles. The standard InChI is InChI=1S/C27H24FN5O3/c1-27(35)12-15(13-27)25-31-22(23-24(29)30-10-11-32(23)25)18-9-8-17-19(36-2)14-33(16-6-4-3-5-7-16)26(34)20(17)21(18)28/h3-11,14-15,35H,12-13H2,1-2H3,(H2,29,30). The molecule has 6 rings (SSSR count). The number of nitrogens with two attached hydrogens (primary N) is 1. The molecule has 36 heavy (non-hydrogen) atoms. The van der Waals surface area contributed by atoms with Crippen molar-refractivity contribution in [2.75, 3.05) is 12.8 Å². The summed E-state index contributed by atoms with van der Waals surface area (Å²) < 4.78 is 25.0. The van der Waals surface area contributed by atoms with Gasteiger partial charge in [-0.2, -0.15) is 0 Å². The van der Waals surface area contributed by atoms with E-state index in [4.69, 9.17) is 15.5 Å². The molecule has 1 saturated carbocycles. The molecule has 0 aliphatic heterocycles. The number of halogens is 1. The number of nitrogens with zero attached hydrogens (tertiary/aromatic N) is 4. The van der Waals surface area contributed by atoms with Crippen LogP contribution in [0.25, 0.3) is 33.2 Å². The third-order valence-electron chi connectivity index (χ3n) is 6.94. The fraction of sp³-hybridized carbons (Fsp3) is 0.222. The molecule has 5 aromatic rings. The quantitative estimate of drug-likeness (QED) is 0.398. The third kappa shape index (κ3) is 3.27.